The molecule has 1 aliphatic rings. The van der Waals surface area contributed by atoms with Crippen molar-refractivity contribution in [3.63, 3.8) is 0 Å². The topological polar surface area (TPSA) is 46.9 Å². The number of aryl methyl sites for hydroxylation is 1. The van der Waals surface area contributed by atoms with Crippen molar-refractivity contribution in [3.05, 3.63) is 83.4 Å². The van der Waals surface area contributed by atoms with Gasteiger partial charge in [-0.25, -0.2) is 9.07 Å². The maximum Gasteiger partial charge on any atom is 0.272 e. The lowest BCUT2D eigenvalue weighted by Gasteiger charge is -2.18. The van der Waals surface area contributed by atoms with Gasteiger partial charge < -0.3 is 5.32 Å². The van der Waals surface area contributed by atoms with E-state index in [0.29, 0.717) is 11.6 Å². The minimum Gasteiger partial charge on any atom is -0.344 e. The Hall–Kier alpha value is -2.95. The van der Waals surface area contributed by atoms with Gasteiger partial charge in [0.1, 0.15) is 5.82 Å². The van der Waals surface area contributed by atoms with Crippen LogP contribution in [0.1, 0.15) is 40.6 Å². The van der Waals surface area contributed by atoms with Gasteiger partial charge in [0.15, 0.2) is 5.69 Å². The molecule has 4 nitrogen and oxygen atoms in total. The molecule has 3 aromatic rings. The highest BCUT2D eigenvalue weighted by Gasteiger charge is 2.34. The summed E-state index contributed by atoms with van der Waals surface area (Å²) in [6.45, 7) is 1.93. The van der Waals surface area contributed by atoms with E-state index >= 15 is 0 Å². The highest BCUT2D eigenvalue weighted by molar-refractivity contribution is 5.92. The first-order chi connectivity index (χ1) is 12.6. The first kappa shape index (κ1) is 16.5. The van der Waals surface area contributed by atoms with Gasteiger partial charge >= 0.3 is 0 Å². The molecule has 1 atom stereocenters. The normalized spacial score (nSPS) is 14.8. The lowest BCUT2D eigenvalue weighted by Crippen LogP contribution is -2.30. The Morgan fingerprint density at radius 2 is 1.85 bits per heavy atom. The number of hydrogen-bond acceptors (Lipinski definition) is 2. The number of amides is 1. The van der Waals surface area contributed by atoms with Crippen molar-refractivity contribution in [1.29, 1.82) is 0 Å². The lowest BCUT2D eigenvalue weighted by atomic mass is 10.0. The molecule has 0 bridgehead atoms. The largest absolute Gasteiger partial charge is 0.344 e. The average molecular weight is 349 g/mol. The number of nitrogens with one attached hydrogen (secondary N) is 1. The van der Waals surface area contributed by atoms with E-state index < -0.39 is 0 Å². The van der Waals surface area contributed by atoms with E-state index in [1.807, 2.05) is 37.3 Å². The number of halogens is 1. The van der Waals surface area contributed by atoms with Crippen LogP contribution in [0.4, 0.5) is 4.39 Å². The highest BCUT2D eigenvalue weighted by atomic mass is 19.1. The van der Waals surface area contributed by atoms with Crippen molar-refractivity contribution in [2.45, 2.75) is 25.8 Å². The second-order valence-corrected chi connectivity index (χ2v) is 6.76. The van der Waals surface area contributed by atoms with Gasteiger partial charge in [-0.05, 0) is 61.6 Å². The molecule has 26 heavy (non-hydrogen) atoms. The fraction of sp³-hybridized carbons (Fsp3) is 0.238. The van der Waals surface area contributed by atoms with Crippen LogP contribution in [0.5, 0.6) is 0 Å². The fourth-order valence-corrected chi connectivity index (χ4v) is 3.20. The maximum atomic E-state index is 13.2. The molecule has 4 rings (SSSR count). The van der Waals surface area contributed by atoms with Crippen LogP contribution < -0.4 is 5.32 Å². The smallest absolute Gasteiger partial charge is 0.272 e. The zero-order valence-electron chi connectivity index (χ0n) is 14.5. The molecule has 0 saturated heterocycles. The minimum absolute atomic E-state index is 0.106. The third-order valence-corrected chi connectivity index (χ3v) is 4.73. The molecular formula is C21H20FN3O. The van der Waals surface area contributed by atoms with Crippen LogP contribution in [0.2, 0.25) is 0 Å². The molecule has 132 valence electrons. The molecule has 1 unspecified atom stereocenters. The van der Waals surface area contributed by atoms with Crippen molar-refractivity contribution >= 4 is 5.91 Å². The number of nitrogens with zero attached hydrogens (tertiary/aromatic N) is 2. The minimum atomic E-state index is -0.271. The Morgan fingerprint density at radius 3 is 2.50 bits per heavy atom. The van der Waals surface area contributed by atoms with Crippen LogP contribution in [0.15, 0.2) is 60.7 Å². The molecule has 1 amide bonds. The van der Waals surface area contributed by atoms with Crippen LogP contribution in [-0.2, 0) is 0 Å². The Balaban J connectivity index is 1.56. The molecule has 1 aromatic heterocycles. The summed E-state index contributed by atoms with van der Waals surface area (Å²) in [5, 5.41) is 7.55. The molecule has 2 aromatic carbocycles. The number of hydrogen-bond donors (Lipinski definition) is 1. The zero-order valence-corrected chi connectivity index (χ0v) is 14.5. The first-order valence-electron chi connectivity index (χ1n) is 8.80. The zero-order chi connectivity index (χ0) is 18.1. The Morgan fingerprint density at radius 1 is 1.15 bits per heavy atom. The number of para-hydroxylation sites is 1. The van der Waals surface area contributed by atoms with E-state index in [2.05, 4.69) is 10.4 Å². The average Bonchev–Trinajstić information content (AvgIpc) is 3.42. The van der Waals surface area contributed by atoms with Crippen molar-refractivity contribution in [1.82, 2.24) is 15.1 Å². The monoisotopic (exact) mass is 349 g/mol. The molecule has 1 heterocycles. The second-order valence-electron chi connectivity index (χ2n) is 6.76. The van der Waals surface area contributed by atoms with Gasteiger partial charge in [0.2, 0.25) is 0 Å². The first-order valence-corrected chi connectivity index (χ1v) is 8.80. The van der Waals surface area contributed by atoms with Crippen LogP contribution >= 0.6 is 0 Å². The molecule has 5 heteroatoms. The molecule has 0 radical (unpaired) electrons. The molecule has 1 saturated carbocycles. The van der Waals surface area contributed by atoms with Crippen LogP contribution in [0.3, 0.4) is 0 Å². The molecule has 0 spiro atoms. The van der Waals surface area contributed by atoms with Gasteiger partial charge in [0.05, 0.1) is 11.7 Å². The van der Waals surface area contributed by atoms with Gasteiger partial charge in [-0.2, -0.15) is 5.10 Å². The Bertz CT molecular complexity index is 914. The summed E-state index contributed by atoms with van der Waals surface area (Å²) in [7, 11) is 0. The fourth-order valence-electron chi connectivity index (χ4n) is 3.20. The molecule has 1 aliphatic carbocycles. The SMILES string of the molecule is Cc1cc(C(=O)NC(c2ccc(F)cc2)C2CC2)nn1-c1ccccc1. The van der Waals surface area contributed by atoms with Crippen LogP contribution in [0.25, 0.3) is 5.69 Å². The summed E-state index contributed by atoms with van der Waals surface area (Å²) in [5.41, 5.74) is 3.13. The van der Waals surface area contributed by atoms with E-state index in [1.54, 1.807) is 22.9 Å². The molecular weight excluding hydrogens is 329 g/mol. The predicted molar refractivity (Wildman–Crippen MR) is 97.6 cm³/mol. The van der Waals surface area contributed by atoms with E-state index in [4.69, 9.17) is 0 Å². The Labute approximate surface area is 151 Å². The summed E-state index contributed by atoms with van der Waals surface area (Å²) in [5.74, 6) is -0.0717. The molecule has 1 N–H and O–H groups in total. The van der Waals surface area contributed by atoms with Gasteiger partial charge in [0.25, 0.3) is 5.91 Å². The predicted octanol–water partition coefficient (Wildman–Crippen LogP) is 4.20. The number of carbonyl (C=O) groups excluding carboxylic acids is 1. The van der Waals surface area contributed by atoms with Gasteiger partial charge in [0, 0.05) is 5.69 Å². The summed E-state index contributed by atoms with van der Waals surface area (Å²) in [6.07, 6.45) is 2.14. The van der Waals surface area contributed by atoms with Gasteiger partial charge in [-0.15, -0.1) is 0 Å². The second kappa shape index (κ2) is 6.75. The number of carbonyl (C=O) groups is 1. The number of aromatic nitrogens is 2. The summed E-state index contributed by atoms with van der Waals surface area (Å²) in [6, 6.07) is 17.8. The number of benzene rings is 2. The summed E-state index contributed by atoms with van der Waals surface area (Å²) in [4.78, 5) is 12.8. The van der Waals surface area contributed by atoms with Gasteiger partial charge in [-0.3, -0.25) is 4.79 Å². The lowest BCUT2D eigenvalue weighted by molar-refractivity contribution is 0.0926. The van der Waals surface area contributed by atoms with Gasteiger partial charge in [-0.1, -0.05) is 30.3 Å². The highest BCUT2D eigenvalue weighted by Crippen LogP contribution is 2.41. The van der Waals surface area contributed by atoms with Crippen molar-refractivity contribution in [2.75, 3.05) is 0 Å². The standard InChI is InChI=1S/C21H20FN3O/c1-14-13-19(24-25(14)18-5-3-2-4-6-18)21(26)23-20(15-7-8-15)16-9-11-17(22)12-10-16/h2-6,9-13,15,20H,7-8H2,1H3,(H,23,26). The van der Waals surface area contributed by atoms with E-state index in [0.717, 1.165) is 29.8 Å². The van der Waals surface area contributed by atoms with Crippen LogP contribution in [-0.4, -0.2) is 15.7 Å². The van der Waals surface area contributed by atoms with Crippen molar-refractivity contribution < 1.29 is 9.18 Å². The Kier molecular flexibility index (Phi) is 4.29. The maximum absolute atomic E-state index is 13.2. The third kappa shape index (κ3) is 3.38. The third-order valence-electron chi connectivity index (χ3n) is 4.73. The molecule has 0 aliphatic heterocycles. The molecule has 1 fully saturated rings. The van der Waals surface area contributed by atoms with Crippen molar-refractivity contribution in [2.24, 2.45) is 5.92 Å². The van der Waals surface area contributed by atoms with Crippen LogP contribution in [0, 0.1) is 18.7 Å². The quantitative estimate of drug-likeness (QED) is 0.750. The van der Waals surface area contributed by atoms with E-state index in [1.165, 1.54) is 12.1 Å². The number of rotatable bonds is 5. The summed E-state index contributed by atoms with van der Waals surface area (Å²) >= 11 is 0. The van der Waals surface area contributed by atoms with Crippen molar-refractivity contribution in [3.8, 4) is 5.69 Å². The summed E-state index contributed by atoms with van der Waals surface area (Å²) < 4.78 is 15.0. The van der Waals surface area contributed by atoms with E-state index in [9.17, 15) is 9.18 Å². The van der Waals surface area contributed by atoms with E-state index in [-0.39, 0.29) is 17.8 Å².